The molecule has 0 fully saturated rings. The number of rotatable bonds is 8. The number of nitrogens with zero attached hydrogens (tertiary/aromatic N) is 2. The molecule has 138 valence electrons. The van der Waals surface area contributed by atoms with Crippen LogP contribution in [0.3, 0.4) is 0 Å². The normalized spacial score (nSPS) is 12.8. The van der Waals surface area contributed by atoms with E-state index < -0.39 is 0 Å². The first-order valence-corrected chi connectivity index (χ1v) is 9.21. The van der Waals surface area contributed by atoms with Gasteiger partial charge >= 0.3 is 0 Å². The lowest BCUT2D eigenvalue weighted by Gasteiger charge is -2.22. The van der Waals surface area contributed by atoms with E-state index in [-0.39, 0.29) is 6.04 Å². The van der Waals surface area contributed by atoms with E-state index in [1.165, 1.54) is 11.1 Å². The molecule has 0 radical (unpaired) electrons. The van der Waals surface area contributed by atoms with E-state index in [0.29, 0.717) is 35.9 Å². The van der Waals surface area contributed by atoms with Gasteiger partial charge in [-0.3, -0.25) is 0 Å². The smallest absolute Gasteiger partial charge is 0.283 e. The summed E-state index contributed by atoms with van der Waals surface area (Å²) >= 11 is 0. The van der Waals surface area contributed by atoms with E-state index in [4.69, 9.17) is 8.83 Å². The Kier molecular flexibility index (Phi) is 5.89. The third-order valence-electron chi connectivity index (χ3n) is 4.32. The van der Waals surface area contributed by atoms with E-state index in [0.717, 1.165) is 6.42 Å². The van der Waals surface area contributed by atoms with Gasteiger partial charge in [-0.05, 0) is 41.5 Å². The molecule has 1 N–H and O–H groups in total. The fourth-order valence-corrected chi connectivity index (χ4v) is 3.09. The summed E-state index contributed by atoms with van der Waals surface area (Å²) in [6, 6.07) is 12.7. The molecular formula is C21H27N3O2. The maximum atomic E-state index is 5.68. The SMILES string of the molecule is CC(C)Cc1ccc(C(NCc2nnc(-c3ccco3)o2)C(C)C)cc1. The van der Waals surface area contributed by atoms with Gasteiger partial charge in [0, 0.05) is 6.04 Å². The molecule has 0 spiro atoms. The molecule has 1 unspecified atom stereocenters. The molecule has 0 aliphatic carbocycles. The molecule has 1 aromatic carbocycles. The monoisotopic (exact) mass is 353 g/mol. The molecule has 0 amide bonds. The predicted octanol–water partition coefficient (Wildman–Crippen LogP) is 5.02. The second-order valence-corrected chi connectivity index (χ2v) is 7.42. The van der Waals surface area contributed by atoms with Crippen molar-refractivity contribution in [2.75, 3.05) is 0 Å². The first-order chi connectivity index (χ1) is 12.5. The quantitative estimate of drug-likeness (QED) is 0.616. The molecule has 1 atom stereocenters. The van der Waals surface area contributed by atoms with Crippen molar-refractivity contribution in [3.63, 3.8) is 0 Å². The van der Waals surface area contributed by atoms with Crippen molar-refractivity contribution in [1.82, 2.24) is 15.5 Å². The molecular weight excluding hydrogens is 326 g/mol. The van der Waals surface area contributed by atoms with E-state index in [9.17, 15) is 0 Å². The lowest BCUT2D eigenvalue weighted by Crippen LogP contribution is -2.25. The summed E-state index contributed by atoms with van der Waals surface area (Å²) in [7, 11) is 0. The van der Waals surface area contributed by atoms with Gasteiger partial charge in [0.05, 0.1) is 12.8 Å². The molecule has 0 aliphatic rings. The molecule has 0 saturated carbocycles. The lowest BCUT2D eigenvalue weighted by atomic mass is 9.94. The minimum Gasteiger partial charge on any atom is -0.459 e. The van der Waals surface area contributed by atoms with Crippen molar-refractivity contribution in [2.45, 2.75) is 46.7 Å². The zero-order valence-electron chi connectivity index (χ0n) is 15.9. The highest BCUT2D eigenvalue weighted by Crippen LogP contribution is 2.24. The van der Waals surface area contributed by atoms with Crippen molar-refractivity contribution < 1.29 is 8.83 Å². The van der Waals surface area contributed by atoms with Crippen LogP contribution in [-0.4, -0.2) is 10.2 Å². The highest BCUT2D eigenvalue weighted by atomic mass is 16.4. The van der Waals surface area contributed by atoms with Crippen LogP contribution in [-0.2, 0) is 13.0 Å². The first-order valence-electron chi connectivity index (χ1n) is 9.21. The van der Waals surface area contributed by atoms with Crippen LogP contribution in [0.15, 0.2) is 51.5 Å². The standard InChI is InChI=1S/C21H27N3O2/c1-14(2)12-16-7-9-17(10-8-16)20(15(3)4)22-13-19-23-24-21(26-19)18-6-5-11-25-18/h5-11,14-15,20,22H,12-13H2,1-4H3. The van der Waals surface area contributed by atoms with Crippen LogP contribution in [0.1, 0.15) is 50.8 Å². The minimum absolute atomic E-state index is 0.224. The molecule has 0 bridgehead atoms. The topological polar surface area (TPSA) is 64.1 Å². The molecule has 0 saturated heterocycles. The third-order valence-corrected chi connectivity index (χ3v) is 4.32. The van der Waals surface area contributed by atoms with Gasteiger partial charge in [-0.15, -0.1) is 10.2 Å². The van der Waals surface area contributed by atoms with Crippen molar-refractivity contribution in [1.29, 1.82) is 0 Å². The van der Waals surface area contributed by atoms with E-state index in [2.05, 4.69) is 67.5 Å². The van der Waals surface area contributed by atoms with Crippen LogP contribution in [0, 0.1) is 11.8 Å². The molecule has 5 heteroatoms. The highest BCUT2D eigenvalue weighted by molar-refractivity contribution is 5.42. The number of aromatic nitrogens is 2. The van der Waals surface area contributed by atoms with Gasteiger partial charge in [-0.2, -0.15) is 0 Å². The number of nitrogens with one attached hydrogen (secondary N) is 1. The Morgan fingerprint density at radius 1 is 1.00 bits per heavy atom. The van der Waals surface area contributed by atoms with Crippen LogP contribution < -0.4 is 5.32 Å². The number of furan rings is 1. The van der Waals surface area contributed by atoms with Crippen molar-refractivity contribution in [2.24, 2.45) is 11.8 Å². The number of hydrogen-bond donors (Lipinski definition) is 1. The molecule has 3 aromatic rings. The second kappa shape index (κ2) is 8.32. The zero-order valence-corrected chi connectivity index (χ0v) is 15.9. The summed E-state index contributed by atoms with van der Waals surface area (Å²) in [4.78, 5) is 0. The minimum atomic E-state index is 0.224. The fourth-order valence-electron chi connectivity index (χ4n) is 3.09. The van der Waals surface area contributed by atoms with Crippen molar-refractivity contribution in [3.05, 3.63) is 59.7 Å². The largest absolute Gasteiger partial charge is 0.459 e. The van der Waals surface area contributed by atoms with Crippen LogP contribution in [0.4, 0.5) is 0 Å². The predicted molar refractivity (Wildman–Crippen MR) is 101 cm³/mol. The van der Waals surface area contributed by atoms with Gasteiger partial charge in [-0.1, -0.05) is 52.0 Å². The maximum absolute atomic E-state index is 5.68. The third kappa shape index (κ3) is 4.61. The second-order valence-electron chi connectivity index (χ2n) is 7.42. The Morgan fingerprint density at radius 3 is 2.38 bits per heavy atom. The van der Waals surface area contributed by atoms with Crippen molar-refractivity contribution in [3.8, 4) is 11.7 Å². The summed E-state index contributed by atoms with van der Waals surface area (Å²) in [5.74, 6) is 2.66. The molecule has 2 aromatic heterocycles. The average molecular weight is 353 g/mol. The Labute approximate surface area is 154 Å². The molecule has 5 nitrogen and oxygen atoms in total. The number of benzene rings is 1. The van der Waals surface area contributed by atoms with Gasteiger partial charge < -0.3 is 14.2 Å². The van der Waals surface area contributed by atoms with E-state index in [1.807, 2.05) is 0 Å². The average Bonchev–Trinajstić information content (AvgIpc) is 3.26. The van der Waals surface area contributed by atoms with Crippen LogP contribution in [0.2, 0.25) is 0 Å². The maximum Gasteiger partial charge on any atom is 0.283 e. The summed E-state index contributed by atoms with van der Waals surface area (Å²) in [6.45, 7) is 9.43. The molecule has 0 aliphatic heterocycles. The van der Waals surface area contributed by atoms with Crippen molar-refractivity contribution >= 4 is 0 Å². The van der Waals surface area contributed by atoms with Gasteiger partial charge in [0.25, 0.3) is 5.89 Å². The lowest BCUT2D eigenvalue weighted by molar-refractivity contribution is 0.378. The fraction of sp³-hybridized carbons (Fsp3) is 0.429. The van der Waals surface area contributed by atoms with E-state index >= 15 is 0 Å². The first kappa shape index (κ1) is 18.4. The summed E-state index contributed by atoms with van der Waals surface area (Å²) < 4.78 is 11.0. The molecule has 26 heavy (non-hydrogen) atoms. The summed E-state index contributed by atoms with van der Waals surface area (Å²) in [5.41, 5.74) is 2.66. The Hall–Kier alpha value is -2.40. The molecule has 3 rings (SSSR count). The van der Waals surface area contributed by atoms with Gasteiger partial charge in [0.2, 0.25) is 5.89 Å². The van der Waals surface area contributed by atoms with Crippen LogP contribution >= 0.6 is 0 Å². The zero-order chi connectivity index (χ0) is 18.5. The number of hydrogen-bond acceptors (Lipinski definition) is 5. The summed E-state index contributed by atoms with van der Waals surface area (Å²) in [5, 5.41) is 11.7. The highest BCUT2D eigenvalue weighted by Gasteiger charge is 2.17. The molecule has 2 heterocycles. The Bertz CT molecular complexity index is 789. The van der Waals surface area contributed by atoms with Gasteiger partial charge in [-0.25, -0.2) is 0 Å². The van der Waals surface area contributed by atoms with Crippen LogP contribution in [0.5, 0.6) is 0 Å². The van der Waals surface area contributed by atoms with E-state index in [1.54, 1.807) is 18.4 Å². The van der Waals surface area contributed by atoms with Crippen LogP contribution in [0.25, 0.3) is 11.7 Å². The summed E-state index contributed by atoms with van der Waals surface area (Å²) in [6.07, 6.45) is 2.70. The van der Waals surface area contributed by atoms with Gasteiger partial charge in [0.15, 0.2) is 5.76 Å². The Morgan fingerprint density at radius 2 is 1.77 bits per heavy atom. The Balaban J connectivity index is 1.65. The van der Waals surface area contributed by atoms with Gasteiger partial charge in [0.1, 0.15) is 0 Å².